The van der Waals surface area contributed by atoms with Gasteiger partial charge in [0.05, 0.1) is 73.4 Å². The van der Waals surface area contributed by atoms with Crippen LogP contribution in [-0.4, -0.2) is 78.5 Å². The molecule has 0 radical (unpaired) electrons. The van der Waals surface area contributed by atoms with Crippen molar-refractivity contribution in [2.24, 2.45) is 0 Å². The fourth-order valence-electron chi connectivity index (χ4n) is 14.6. The zero-order chi connectivity index (χ0) is 86.6. The summed E-state index contributed by atoms with van der Waals surface area (Å²) in [6.45, 7) is 24.5. The topological polar surface area (TPSA) is 173 Å². The van der Waals surface area contributed by atoms with Crippen molar-refractivity contribution in [3.8, 4) is 68.3 Å². The number of hydrogen-bond donors (Lipinski definition) is 0. The first-order chi connectivity index (χ1) is 60.3. The molecule has 3 aromatic heterocycles. The lowest BCUT2D eigenvalue weighted by atomic mass is 10.1. The Morgan fingerprint density at radius 2 is 0.488 bits per heavy atom. The van der Waals surface area contributed by atoms with Crippen LogP contribution in [0.5, 0.6) is 34.5 Å². The highest BCUT2D eigenvalue weighted by atomic mass is 16.9. The van der Waals surface area contributed by atoms with E-state index in [-0.39, 0.29) is 16.7 Å². The average molecular weight is 1670 g/mol. The second kappa shape index (κ2) is 56.4. The zero-order valence-corrected chi connectivity index (χ0v) is 74.3. The Balaban J connectivity index is 0.611. The van der Waals surface area contributed by atoms with Crippen LogP contribution in [0.4, 0.5) is 0 Å². The first kappa shape index (κ1) is 96.5. The number of unbranched alkanes of at least 4 members (excludes halogenated alkanes) is 27. The summed E-state index contributed by atoms with van der Waals surface area (Å²) in [4.78, 5) is 53.2. The third-order valence-electron chi connectivity index (χ3n) is 22.4. The van der Waals surface area contributed by atoms with Crippen molar-refractivity contribution in [3.63, 3.8) is 0 Å². The summed E-state index contributed by atoms with van der Waals surface area (Å²) in [6.07, 6.45) is 46.9. The fraction of sp³-hybridized carbons (Fsp3) is 0.444. The molecule has 0 aliphatic carbocycles. The van der Waals surface area contributed by atoms with Crippen LogP contribution in [0.25, 0.3) is 50.5 Å². The van der Waals surface area contributed by atoms with Gasteiger partial charge in [-0.05, 0) is 238 Å². The minimum atomic E-state index is -1.04. The number of hydrogen-bond acceptors (Lipinski definition) is 15. The van der Waals surface area contributed by atoms with Gasteiger partial charge in [-0.25, -0.2) is 14.4 Å². The number of rotatable bonds is 64. The molecule has 0 aliphatic rings. The highest BCUT2D eigenvalue weighted by Crippen LogP contribution is 2.31. The molecule has 0 saturated heterocycles. The Labute approximate surface area is 735 Å². The molecule has 0 atom stereocenters. The van der Waals surface area contributed by atoms with Gasteiger partial charge < -0.3 is 42.6 Å². The Kier molecular flexibility index (Phi) is 44.3. The van der Waals surface area contributed by atoms with Crippen molar-refractivity contribution in [1.82, 2.24) is 15.0 Å². The van der Waals surface area contributed by atoms with Crippen molar-refractivity contribution in [2.75, 3.05) is 39.6 Å². The molecule has 3 heterocycles. The maximum absolute atomic E-state index is 13.1. The summed E-state index contributed by atoms with van der Waals surface area (Å²) < 4.78 is 55.1. The SMILES string of the molecule is C=C(C(=O)Oc1ccc(-c2ccc(CCCCC)cn2)cc1)c1ccc(OCCCCCCCCCCOC(CC)(OCCCCCCCCCCOc2ccc(C(=C)C(=O)Oc3ccc(-c4ccc(CCCCC)cn4)cc3)cc2)OCCCCCCCCCCOc2ccc(C(=C)C(=O)Oc3ccc(-c4ccc(CCCCC)cn4)cc3)cc2)cc1. The third-order valence-corrected chi connectivity index (χ3v) is 22.4. The van der Waals surface area contributed by atoms with Gasteiger partial charge >= 0.3 is 17.9 Å². The smallest absolute Gasteiger partial charge is 0.343 e. The standard InChI is InChI=1S/C108H137N3O12/c1-8-12-33-42-87-45-72-102(109-81-87)93-54-66-99(67-55-93)121-105(112)84(5)90-48-60-96(61-49-90)115-75-36-27-21-15-18-24-30-39-78-118-108(11-4,119-79-40-31-25-19-16-22-28-37-76-116-97-62-50-91(51-63-97)85(6)106(113)122-100-68-56-94(57-69-100)103-73-46-88(82-110-103)43-34-13-9-2)120-80-41-32-26-20-17-23-29-38-77-117-98-64-52-92(53-65-98)86(7)107(114)123-101-70-58-95(59-71-101)104-74-47-89(83-111-104)44-35-14-10-3/h45-74,81-83H,5-44,75-80H2,1-4H3. The lowest BCUT2D eigenvalue weighted by Gasteiger charge is -2.32. The molecular formula is C108H137N3O12. The lowest BCUT2D eigenvalue weighted by molar-refractivity contribution is -0.382. The molecule has 0 unspecified atom stereocenters. The van der Waals surface area contributed by atoms with Gasteiger partial charge in [0, 0.05) is 41.7 Å². The van der Waals surface area contributed by atoms with E-state index in [0.717, 1.165) is 186 Å². The van der Waals surface area contributed by atoms with E-state index in [4.69, 9.17) is 42.6 Å². The monoisotopic (exact) mass is 1670 g/mol. The molecule has 0 bridgehead atoms. The van der Waals surface area contributed by atoms with E-state index in [0.29, 0.717) is 80.0 Å². The van der Waals surface area contributed by atoms with Gasteiger partial charge in [-0.3, -0.25) is 15.0 Å². The summed E-state index contributed by atoms with van der Waals surface area (Å²) in [5, 5.41) is 0. The highest BCUT2D eigenvalue weighted by molar-refractivity contribution is 6.17. The van der Waals surface area contributed by atoms with Crippen molar-refractivity contribution in [2.45, 2.75) is 271 Å². The minimum Gasteiger partial charge on any atom is -0.494 e. The highest BCUT2D eigenvalue weighted by Gasteiger charge is 2.31. The summed E-state index contributed by atoms with van der Waals surface area (Å²) in [6, 6.07) is 57.3. The van der Waals surface area contributed by atoms with Gasteiger partial charge in [-0.15, -0.1) is 0 Å². The van der Waals surface area contributed by atoms with Crippen molar-refractivity contribution < 1.29 is 57.0 Å². The van der Waals surface area contributed by atoms with Crippen LogP contribution in [-0.2, 0) is 47.9 Å². The zero-order valence-electron chi connectivity index (χ0n) is 74.3. The summed E-state index contributed by atoms with van der Waals surface area (Å²) in [7, 11) is 0. The van der Waals surface area contributed by atoms with Crippen LogP contribution in [0.1, 0.15) is 279 Å². The molecule has 0 N–H and O–H groups in total. The summed E-state index contributed by atoms with van der Waals surface area (Å²) in [5.74, 6) is 1.12. The van der Waals surface area contributed by atoms with Crippen molar-refractivity contribution in [3.05, 3.63) is 254 Å². The van der Waals surface area contributed by atoms with Crippen LogP contribution in [0.2, 0.25) is 0 Å². The van der Waals surface area contributed by atoms with Crippen LogP contribution in [0.3, 0.4) is 0 Å². The van der Waals surface area contributed by atoms with Gasteiger partial charge in [-0.2, -0.15) is 0 Å². The Bertz CT molecular complexity index is 4030. The quantitative estimate of drug-likeness (QED) is 0.0116. The van der Waals surface area contributed by atoms with Crippen LogP contribution >= 0.6 is 0 Å². The van der Waals surface area contributed by atoms with Gasteiger partial charge in [-0.1, -0.05) is 256 Å². The molecule has 0 amide bonds. The van der Waals surface area contributed by atoms with E-state index in [2.05, 4.69) is 80.6 Å². The lowest BCUT2D eigenvalue weighted by Crippen LogP contribution is -2.39. The maximum atomic E-state index is 13.1. The minimum absolute atomic E-state index is 0.283. The first-order valence-corrected chi connectivity index (χ1v) is 46.3. The molecule has 6 aromatic carbocycles. The number of ether oxygens (including phenoxy) is 9. The second-order valence-corrected chi connectivity index (χ2v) is 32.4. The number of carbonyl (C=O) groups excluding carboxylic acids is 3. The number of benzene rings is 6. The number of esters is 3. The summed E-state index contributed by atoms with van der Waals surface area (Å²) >= 11 is 0. The van der Waals surface area contributed by atoms with Crippen LogP contribution in [0.15, 0.2) is 220 Å². The summed E-state index contributed by atoms with van der Waals surface area (Å²) in [5.41, 5.74) is 12.2. The molecule has 15 heteroatoms. The number of carbonyl (C=O) groups is 3. The Hall–Kier alpha value is -10.3. The number of aryl methyl sites for hydroxylation is 3. The van der Waals surface area contributed by atoms with Crippen LogP contribution in [0, 0.1) is 0 Å². The number of nitrogens with zero attached hydrogens (tertiary/aromatic N) is 3. The molecule has 0 aliphatic heterocycles. The van der Waals surface area contributed by atoms with Crippen molar-refractivity contribution in [1.29, 1.82) is 0 Å². The van der Waals surface area contributed by atoms with Gasteiger partial charge in [0.15, 0.2) is 0 Å². The van der Waals surface area contributed by atoms with Crippen LogP contribution < -0.4 is 28.4 Å². The van der Waals surface area contributed by atoms with E-state index in [1.807, 2.05) is 146 Å². The fourth-order valence-corrected chi connectivity index (χ4v) is 14.6. The van der Waals surface area contributed by atoms with E-state index in [1.54, 1.807) is 36.4 Å². The van der Waals surface area contributed by atoms with E-state index in [1.165, 1.54) is 113 Å². The predicted octanol–water partition coefficient (Wildman–Crippen LogP) is 27.9. The molecule has 9 rings (SSSR count). The van der Waals surface area contributed by atoms with Crippen molar-refractivity contribution >= 4 is 34.6 Å². The molecule has 9 aromatic rings. The molecule has 0 fully saturated rings. The molecule has 15 nitrogen and oxygen atoms in total. The molecule has 0 spiro atoms. The first-order valence-electron chi connectivity index (χ1n) is 46.3. The maximum Gasteiger partial charge on any atom is 0.343 e. The van der Waals surface area contributed by atoms with E-state index >= 15 is 0 Å². The average Bonchev–Trinajstić information content (AvgIpc) is 0.854. The molecular weight excluding hydrogens is 1530 g/mol. The third kappa shape index (κ3) is 35.8. The largest absolute Gasteiger partial charge is 0.494 e. The Morgan fingerprint density at radius 3 is 0.707 bits per heavy atom. The van der Waals surface area contributed by atoms with Gasteiger partial charge in [0.1, 0.15) is 34.5 Å². The molecule has 656 valence electrons. The predicted molar refractivity (Wildman–Crippen MR) is 500 cm³/mol. The van der Waals surface area contributed by atoms with Gasteiger partial charge in [0.2, 0.25) is 0 Å². The van der Waals surface area contributed by atoms with E-state index < -0.39 is 23.9 Å². The number of pyridine rings is 3. The molecule has 0 saturated carbocycles. The second-order valence-electron chi connectivity index (χ2n) is 32.4. The Morgan fingerprint density at radius 1 is 0.260 bits per heavy atom. The van der Waals surface area contributed by atoms with E-state index in [9.17, 15) is 14.4 Å². The number of aromatic nitrogens is 3. The normalized spacial score (nSPS) is 11.3. The van der Waals surface area contributed by atoms with Gasteiger partial charge in [0.25, 0.3) is 5.97 Å². The molecule has 123 heavy (non-hydrogen) atoms.